The number of hydrogen-bond donors (Lipinski definition) is 1. The molecule has 2 aliphatic rings. The monoisotopic (exact) mass is 766 g/mol. The molecule has 5 aromatic carbocycles. The van der Waals surface area contributed by atoms with Crippen LogP contribution < -0.4 is 5.32 Å². The zero-order chi connectivity index (χ0) is 34.0. The Morgan fingerprint density at radius 3 is 1.60 bits per heavy atom. The third-order valence-electron chi connectivity index (χ3n) is 9.86. The largest absolute Gasteiger partial charge is 0.451 e. The normalized spacial score (nSPS) is 23.5. The molecule has 254 valence electrons. The second kappa shape index (κ2) is 14.8. The lowest BCUT2D eigenvalue weighted by molar-refractivity contribution is -0.173. The maximum absolute atomic E-state index is 15.7. The van der Waals surface area contributed by atoms with Crippen molar-refractivity contribution in [3.63, 3.8) is 0 Å². The van der Waals surface area contributed by atoms with Gasteiger partial charge in [0.25, 0.3) is 0 Å². The molecule has 2 aliphatic heterocycles. The number of fused-ring (bicyclic) bond motifs is 1. The maximum atomic E-state index is 15.7. The average molecular weight is 768 g/mol. The lowest BCUT2D eigenvalue weighted by Gasteiger charge is -2.65. The molecule has 50 heavy (non-hydrogen) atoms. The Labute approximate surface area is 306 Å². The maximum Gasteiger partial charge on any atom is 0.330 e. The average Bonchev–Trinajstić information content (AvgIpc) is 3.17. The molecule has 1 N–H and O–H groups in total. The lowest BCUT2D eigenvalue weighted by atomic mass is 9.59. The summed E-state index contributed by atoms with van der Waals surface area (Å²) in [6.45, 7) is 0. The van der Waals surface area contributed by atoms with Crippen LogP contribution in [0.25, 0.3) is 0 Å². The van der Waals surface area contributed by atoms with Gasteiger partial charge in [0.2, 0.25) is 12.3 Å². The quantitative estimate of drug-likeness (QED) is 0.0808. The third kappa shape index (κ3) is 5.43. The topological polar surface area (TPSA) is 92.8 Å². The number of nitrogens with zero attached hydrogens (tertiary/aromatic N) is 1. The number of ether oxygens (including phenoxy) is 1. The fraction of sp³-hybridized carbons (Fsp3) is 0.175. The van der Waals surface area contributed by atoms with Gasteiger partial charge in [-0.05, 0) is 34.0 Å². The van der Waals surface area contributed by atoms with Crippen molar-refractivity contribution in [2.24, 2.45) is 0 Å². The molecule has 0 aliphatic carbocycles. The van der Waals surface area contributed by atoms with Crippen LogP contribution in [0.15, 0.2) is 152 Å². The van der Waals surface area contributed by atoms with Crippen LogP contribution in [0.1, 0.15) is 33.9 Å². The van der Waals surface area contributed by atoms with Gasteiger partial charge in [-0.25, -0.2) is 4.79 Å². The van der Waals surface area contributed by atoms with Crippen LogP contribution in [-0.2, 0) is 40.1 Å². The zero-order valence-corrected chi connectivity index (χ0v) is 30.6. The van der Waals surface area contributed by atoms with Gasteiger partial charge in [0.15, 0.2) is 6.10 Å². The second-order valence-electron chi connectivity index (χ2n) is 12.2. The van der Waals surface area contributed by atoms with Gasteiger partial charge in [-0.1, -0.05) is 152 Å². The van der Waals surface area contributed by atoms with Crippen molar-refractivity contribution in [2.45, 2.75) is 33.7 Å². The van der Waals surface area contributed by atoms with E-state index in [0.717, 1.165) is 27.8 Å². The van der Waals surface area contributed by atoms with Crippen molar-refractivity contribution in [1.29, 1.82) is 0 Å². The third-order valence-corrected chi connectivity index (χ3v) is 12.9. The van der Waals surface area contributed by atoms with Crippen LogP contribution in [-0.4, -0.2) is 51.0 Å². The van der Waals surface area contributed by atoms with E-state index >= 15 is 9.00 Å². The fourth-order valence-electron chi connectivity index (χ4n) is 7.81. The first-order valence-corrected chi connectivity index (χ1v) is 18.1. The van der Waals surface area contributed by atoms with Crippen molar-refractivity contribution in [2.75, 3.05) is 6.16 Å². The highest BCUT2D eigenvalue weighted by molar-refractivity contribution is 8.93. The number of esters is 1. The molecule has 2 fully saturated rings. The van der Waals surface area contributed by atoms with Crippen molar-refractivity contribution in [3.8, 4) is 0 Å². The molecular formula is C40H36BrN2O5PS. The molecule has 2 heterocycles. The van der Waals surface area contributed by atoms with Gasteiger partial charge in [0.05, 0.1) is 16.2 Å². The molecule has 3 unspecified atom stereocenters. The Morgan fingerprint density at radius 2 is 1.18 bits per heavy atom. The van der Waals surface area contributed by atoms with Crippen molar-refractivity contribution in [3.05, 3.63) is 179 Å². The van der Waals surface area contributed by atoms with Gasteiger partial charge in [0, 0.05) is 0 Å². The highest BCUT2D eigenvalue weighted by atomic mass is 79.9. The van der Waals surface area contributed by atoms with E-state index < -0.39 is 56.4 Å². The minimum absolute atomic E-state index is 0. The first-order chi connectivity index (χ1) is 24.0. The van der Waals surface area contributed by atoms with E-state index in [-0.39, 0.29) is 23.1 Å². The van der Waals surface area contributed by atoms with Gasteiger partial charge in [-0.2, -0.15) is 0 Å². The molecule has 2 amide bonds. The smallest absolute Gasteiger partial charge is 0.330 e. The van der Waals surface area contributed by atoms with E-state index in [0.29, 0.717) is 6.41 Å². The van der Waals surface area contributed by atoms with Gasteiger partial charge < -0.3 is 15.0 Å². The molecule has 7 nitrogen and oxygen atoms in total. The number of β-lactam (4-membered cyclic amide) rings is 1. The first-order valence-electron chi connectivity index (χ1n) is 16.1. The molecular weight excluding hydrogens is 731 g/mol. The summed E-state index contributed by atoms with van der Waals surface area (Å²) in [5.41, 5.74) is 2.36. The van der Waals surface area contributed by atoms with E-state index in [4.69, 9.17) is 4.74 Å². The Hall–Kier alpha value is -4.43. The lowest BCUT2D eigenvalue weighted by Crippen LogP contribution is -2.85. The summed E-state index contributed by atoms with van der Waals surface area (Å²) in [5.74, 6) is -1.13. The summed E-state index contributed by atoms with van der Waals surface area (Å²) in [5, 5.41) is 1.60. The van der Waals surface area contributed by atoms with Crippen LogP contribution in [0.3, 0.4) is 0 Å². The molecule has 0 spiro atoms. The van der Waals surface area contributed by atoms with Gasteiger partial charge >= 0.3 is 5.97 Å². The highest BCUT2D eigenvalue weighted by Gasteiger charge is 2.75. The van der Waals surface area contributed by atoms with Gasteiger partial charge in [0.1, 0.15) is 22.2 Å². The highest BCUT2D eigenvalue weighted by Crippen LogP contribution is 2.61. The van der Waals surface area contributed by atoms with Crippen molar-refractivity contribution in [1.82, 2.24) is 10.2 Å². The number of benzene rings is 5. The number of carbonyl (C=O) groups excluding carboxylic acids is 3. The molecule has 5 aromatic rings. The number of carbonyl (C=O) groups is 3. The standard InChI is InChI=1S/C40H35N2O5PS.BrH/c43-27-41-33-36(44)42-35(38(45)47-34(28-16-6-1-7-17-28)29-18-8-2-9-19-29)39(26-48,30-20-10-3-11-21-30)40(49(46)37(33)42,31-22-12-4-13-23-31)32-24-14-5-15-25-32;/h1-25,27,33-35,37H,26,48H2,(H,41,43);1H/t33-,35?,37-,39?,49-;/m1./s1. The zero-order valence-electron chi connectivity index (χ0n) is 26.9. The predicted octanol–water partition coefficient (Wildman–Crippen LogP) is 6.07. The second-order valence-corrected chi connectivity index (χ2v) is 14.3. The van der Waals surface area contributed by atoms with Crippen molar-refractivity contribution >= 4 is 55.3 Å². The molecule has 6 atom stereocenters. The number of rotatable bonds is 10. The van der Waals surface area contributed by atoms with Gasteiger partial charge in [-0.3, -0.25) is 13.8 Å². The molecule has 0 aromatic heterocycles. The van der Waals surface area contributed by atoms with Crippen molar-refractivity contribution < 1.29 is 23.3 Å². The molecule has 0 saturated carbocycles. The van der Waals surface area contributed by atoms with Gasteiger partial charge in [-0.15, -0.1) is 26.2 Å². The van der Waals surface area contributed by atoms with E-state index in [1.165, 1.54) is 4.90 Å². The van der Waals surface area contributed by atoms with E-state index in [2.05, 4.69) is 14.6 Å². The van der Waals surface area contributed by atoms with Crippen LogP contribution >= 0.6 is 26.2 Å². The number of hydrogen-bond acceptors (Lipinski definition) is 5. The van der Waals surface area contributed by atoms with Crippen LogP contribution in [0, 0.1) is 0 Å². The summed E-state index contributed by atoms with van der Waals surface area (Å²) < 4.78 is 20.9. The minimum atomic E-state index is -1.91. The first kappa shape index (κ1) is 35.4. The summed E-state index contributed by atoms with van der Waals surface area (Å²) >= 11 is 0. The molecule has 0 bridgehead atoms. The fourth-order valence-corrected chi connectivity index (χ4v) is 11.4. The van der Waals surface area contributed by atoms with Crippen LogP contribution in [0.4, 0.5) is 0 Å². The molecule has 10 heteroatoms. The van der Waals surface area contributed by atoms with E-state index in [9.17, 15) is 9.59 Å². The number of amides is 2. The summed E-state index contributed by atoms with van der Waals surface area (Å²) in [7, 11) is 0.902. The Balaban J connectivity index is 0.00000432. The summed E-state index contributed by atoms with van der Waals surface area (Å²) in [6, 6.07) is 45.2. The Bertz CT molecular complexity index is 1900. The minimum Gasteiger partial charge on any atom is -0.451 e. The molecule has 7 rings (SSSR count). The summed E-state index contributed by atoms with van der Waals surface area (Å²) in [6.07, 6.45) is -0.107. The Morgan fingerprint density at radius 1 is 0.760 bits per heavy atom. The number of nitrogens with one attached hydrogen (secondary N) is 1. The van der Waals surface area contributed by atoms with Crippen LogP contribution in [0.5, 0.6) is 0 Å². The SMILES string of the molecule is Br.O=CN[C@@H]1C(=O)N2C(C(=O)OC(c3ccccc3)c3ccccc3)C(CP)(c3ccccc3)C(c3ccccc3)(c3ccccc3)[S@](=O)[C@H]12. The summed E-state index contributed by atoms with van der Waals surface area (Å²) in [4.78, 5) is 42.7. The molecule has 0 radical (unpaired) electrons. The van der Waals surface area contributed by atoms with E-state index in [1.807, 2.05) is 152 Å². The predicted molar refractivity (Wildman–Crippen MR) is 203 cm³/mol. The number of halogens is 1. The molecule has 2 saturated heterocycles. The Kier molecular flexibility index (Phi) is 10.5. The van der Waals surface area contributed by atoms with E-state index in [1.54, 1.807) is 0 Å². The van der Waals surface area contributed by atoms with Crippen LogP contribution in [0.2, 0.25) is 0 Å².